The van der Waals surface area contributed by atoms with Gasteiger partial charge in [0.1, 0.15) is 0 Å². The van der Waals surface area contributed by atoms with Crippen molar-refractivity contribution in [3.63, 3.8) is 0 Å². The summed E-state index contributed by atoms with van der Waals surface area (Å²) in [6.45, 7) is 0. The summed E-state index contributed by atoms with van der Waals surface area (Å²) in [5, 5.41) is 19.1. The van der Waals surface area contributed by atoms with E-state index in [1.165, 1.54) is 0 Å². The van der Waals surface area contributed by atoms with Crippen LogP contribution in [-0.4, -0.2) is 34.6 Å². The second kappa shape index (κ2) is 1.79. The first-order valence-electron chi connectivity index (χ1n) is 4.30. The van der Waals surface area contributed by atoms with E-state index in [9.17, 15) is 10.2 Å². The van der Waals surface area contributed by atoms with Gasteiger partial charge in [0.2, 0.25) is 0 Å². The molecule has 3 aliphatic carbocycles. The third-order valence-corrected chi connectivity index (χ3v) is 3.47. The first kappa shape index (κ1) is 6.40. The van der Waals surface area contributed by atoms with Crippen molar-refractivity contribution in [3.05, 3.63) is 0 Å². The number of epoxide rings is 1. The number of hydrogen-bond donors (Lipinski definition) is 2. The molecule has 6 atom stereocenters. The Bertz CT molecular complexity index is 174. The molecule has 1 aliphatic heterocycles. The summed E-state index contributed by atoms with van der Waals surface area (Å²) in [7, 11) is 0. The minimum atomic E-state index is -0.516. The molecular weight excluding hydrogens is 144 g/mol. The molecule has 11 heavy (non-hydrogen) atoms. The molecule has 0 amide bonds. The van der Waals surface area contributed by atoms with Crippen LogP contribution in [0.25, 0.3) is 0 Å². The topological polar surface area (TPSA) is 53.0 Å². The van der Waals surface area contributed by atoms with E-state index < -0.39 is 12.2 Å². The minimum Gasteiger partial charge on any atom is -0.390 e. The van der Waals surface area contributed by atoms with Crippen LogP contribution in [0.1, 0.15) is 12.8 Å². The molecule has 62 valence electrons. The van der Waals surface area contributed by atoms with Crippen LogP contribution in [0, 0.1) is 11.8 Å². The fourth-order valence-corrected chi connectivity index (χ4v) is 2.78. The Morgan fingerprint density at radius 2 is 1.36 bits per heavy atom. The van der Waals surface area contributed by atoms with Crippen molar-refractivity contribution < 1.29 is 14.9 Å². The van der Waals surface area contributed by atoms with Gasteiger partial charge < -0.3 is 14.9 Å². The zero-order valence-corrected chi connectivity index (χ0v) is 6.18. The molecule has 2 N–H and O–H groups in total. The Labute approximate surface area is 65.0 Å². The molecule has 1 saturated heterocycles. The van der Waals surface area contributed by atoms with E-state index in [1.807, 2.05) is 0 Å². The number of fused-ring (bicyclic) bond motifs is 2. The molecule has 4 aliphatic rings. The maximum atomic E-state index is 9.53. The highest BCUT2D eigenvalue weighted by molar-refractivity contribution is 5.10. The van der Waals surface area contributed by atoms with E-state index >= 15 is 0 Å². The van der Waals surface area contributed by atoms with Crippen LogP contribution in [0.2, 0.25) is 0 Å². The van der Waals surface area contributed by atoms with Crippen LogP contribution in [0.15, 0.2) is 0 Å². The summed E-state index contributed by atoms with van der Waals surface area (Å²) in [5.74, 6) is 0.444. The third kappa shape index (κ3) is 0.643. The molecule has 4 rings (SSSR count). The maximum absolute atomic E-state index is 9.53. The van der Waals surface area contributed by atoms with Crippen LogP contribution >= 0.6 is 0 Å². The zero-order chi connectivity index (χ0) is 7.59. The molecule has 0 radical (unpaired) electrons. The standard InChI is InChI=1S/C8H12O3/c9-5-3-1-2-4(6(5)10)8-7(3)11-8/h3-10H,1-2H2. The van der Waals surface area contributed by atoms with Crippen LogP contribution in [0.3, 0.4) is 0 Å². The predicted molar refractivity (Wildman–Crippen MR) is 36.9 cm³/mol. The number of ether oxygens (including phenoxy) is 1. The van der Waals surface area contributed by atoms with Crippen LogP contribution in [0.4, 0.5) is 0 Å². The number of rotatable bonds is 0. The van der Waals surface area contributed by atoms with Crippen molar-refractivity contribution in [2.45, 2.75) is 37.3 Å². The fraction of sp³-hybridized carbons (Fsp3) is 1.00. The third-order valence-electron chi connectivity index (χ3n) is 3.47. The molecule has 3 heteroatoms. The summed E-state index contributed by atoms with van der Waals surface area (Å²) in [4.78, 5) is 0. The Balaban J connectivity index is 1.94. The summed E-state index contributed by atoms with van der Waals surface area (Å²) in [5.41, 5.74) is 0. The first-order valence-corrected chi connectivity index (χ1v) is 4.30. The number of aliphatic hydroxyl groups excluding tert-OH is 2. The Morgan fingerprint density at radius 1 is 0.909 bits per heavy atom. The van der Waals surface area contributed by atoms with Gasteiger partial charge in [-0.25, -0.2) is 0 Å². The Kier molecular flexibility index (Phi) is 1.04. The second-order valence-electron chi connectivity index (χ2n) is 3.95. The number of hydrogen-bond acceptors (Lipinski definition) is 3. The Morgan fingerprint density at radius 3 is 1.82 bits per heavy atom. The second-order valence-corrected chi connectivity index (χ2v) is 3.95. The van der Waals surface area contributed by atoms with Gasteiger partial charge in [-0.2, -0.15) is 0 Å². The van der Waals surface area contributed by atoms with E-state index in [0.717, 1.165) is 12.8 Å². The van der Waals surface area contributed by atoms with Crippen LogP contribution in [0.5, 0.6) is 0 Å². The van der Waals surface area contributed by atoms with Gasteiger partial charge in [0.05, 0.1) is 24.4 Å². The Hall–Kier alpha value is -0.120. The van der Waals surface area contributed by atoms with Gasteiger partial charge in [-0.05, 0) is 12.8 Å². The molecule has 0 aromatic rings. The van der Waals surface area contributed by atoms with Crippen molar-refractivity contribution in [2.24, 2.45) is 11.8 Å². The molecule has 2 bridgehead atoms. The lowest BCUT2D eigenvalue weighted by Crippen LogP contribution is -2.52. The summed E-state index contributed by atoms with van der Waals surface area (Å²) >= 11 is 0. The average Bonchev–Trinajstić information content (AvgIpc) is 2.76. The highest BCUT2D eigenvalue weighted by Gasteiger charge is 2.62. The summed E-state index contributed by atoms with van der Waals surface area (Å²) < 4.78 is 5.39. The van der Waals surface area contributed by atoms with E-state index in [4.69, 9.17) is 4.74 Å². The SMILES string of the molecule is OC1C(O)C2CCC1C1OC21. The van der Waals surface area contributed by atoms with Gasteiger partial charge in [0, 0.05) is 11.8 Å². The fourth-order valence-electron chi connectivity index (χ4n) is 2.78. The lowest BCUT2D eigenvalue weighted by atomic mass is 9.67. The predicted octanol–water partition coefficient (Wildman–Crippen LogP) is -0.485. The van der Waals surface area contributed by atoms with E-state index in [0.29, 0.717) is 0 Å². The lowest BCUT2D eigenvalue weighted by Gasteiger charge is -2.40. The van der Waals surface area contributed by atoms with Crippen molar-refractivity contribution in [1.29, 1.82) is 0 Å². The van der Waals surface area contributed by atoms with Gasteiger partial charge >= 0.3 is 0 Å². The van der Waals surface area contributed by atoms with Crippen molar-refractivity contribution in [1.82, 2.24) is 0 Å². The summed E-state index contributed by atoms with van der Waals surface area (Å²) in [6, 6.07) is 0. The quantitative estimate of drug-likeness (QED) is 0.465. The molecule has 3 saturated carbocycles. The maximum Gasteiger partial charge on any atom is 0.0899 e. The summed E-state index contributed by atoms with van der Waals surface area (Å²) in [6.07, 6.45) is 1.60. The molecule has 0 aromatic heterocycles. The molecular formula is C8H12O3. The van der Waals surface area contributed by atoms with Crippen molar-refractivity contribution in [3.8, 4) is 0 Å². The normalized spacial score (nSPS) is 66.0. The molecule has 0 spiro atoms. The molecule has 6 unspecified atom stereocenters. The number of aliphatic hydroxyl groups is 2. The van der Waals surface area contributed by atoms with Crippen molar-refractivity contribution >= 4 is 0 Å². The highest BCUT2D eigenvalue weighted by Crippen LogP contribution is 2.52. The molecule has 4 fully saturated rings. The zero-order valence-electron chi connectivity index (χ0n) is 6.18. The highest BCUT2D eigenvalue weighted by atomic mass is 16.6. The molecule has 3 nitrogen and oxygen atoms in total. The van der Waals surface area contributed by atoms with Crippen molar-refractivity contribution in [2.75, 3.05) is 0 Å². The first-order chi connectivity index (χ1) is 5.29. The van der Waals surface area contributed by atoms with Gasteiger partial charge in [-0.1, -0.05) is 0 Å². The van der Waals surface area contributed by atoms with Gasteiger partial charge in [-0.3, -0.25) is 0 Å². The minimum absolute atomic E-state index is 0.222. The van der Waals surface area contributed by atoms with Crippen LogP contribution < -0.4 is 0 Å². The van der Waals surface area contributed by atoms with E-state index in [-0.39, 0.29) is 24.0 Å². The average molecular weight is 156 g/mol. The van der Waals surface area contributed by atoms with Gasteiger partial charge in [0.25, 0.3) is 0 Å². The largest absolute Gasteiger partial charge is 0.390 e. The van der Waals surface area contributed by atoms with Gasteiger partial charge in [-0.15, -0.1) is 0 Å². The lowest BCUT2D eigenvalue weighted by molar-refractivity contribution is -0.0942. The smallest absolute Gasteiger partial charge is 0.0899 e. The van der Waals surface area contributed by atoms with Crippen LogP contribution in [-0.2, 0) is 4.74 Å². The van der Waals surface area contributed by atoms with Gasteiger partial charge in [0.15, 0.2) is 0 Å². The van der Waals surface area contributed by atoms with E-state index in [1.54, 1.807) is 0 Å². The molecule has 1 heterocycles. The monoisotopic (exact) mass is 156 g/mol. The molecule has 0 aromatic carbocycles. The van der Waals surface area contributed by atoms with E-state index in [2.05, 4.69) is 0 Å².